The van der Waals surface area contributed by atoms with E-state index >= 15 is 0 Å². The molecule has 0 bridgehead atoms. The molecular formula is C17H18N4O2S. The highest BCUT2D eigenvalue weighted by Gasteiger charge is 2.26. The van der Waals surface area contributed by atoms with Gasteiger partial charge in [0.05, 0.1) is 6.61 Å². The van der Waals surface area contributed by atoms with Crippen LogP contribution in [0.1, 0.15) is 29.1 Å². The predicted octanol–water partition coefficient (Wildman–Crippen LogP) is 3.14. The third-order valence-corrected chi connectivity index (χ3v) is 4.66. The van der Waals surface area contributed by atoms with Gasteiger partial charge in [0.2, 0.25) is 0 Å². The zero-order chi connectivity index (χ0) is 17.1. The summed E-state index contributed by atoms with van der Waals surface area (Å²) in [5.74, 6) is 0.244. The van der Waals surface area contributed by atoms with Crippen molar-refractivity contribution in [1.29, 1.82) is 0 Å². The SMILES string of the molecule is CCOC(=O)[C@H](Sc1nnc2nc(C)cc(C)n12)c1ccccc1. The largest absolute Gasteiger partial charge is 0.465 e. The van der Waals surface area contributed by atoms with Crippen molar-refractivity contribution in [3.8, 4) is 0 Å². The Hall–Kier alpha value is -2.41. The molecule has 24 heavy (non-hydrogen) atoms. The first-order valence-corrected chi connectivity index (χ1v) is 8.55. The number of benzene rings is 1. The molecule has 0 spiro atoms. The lowest BCUT2D eigenvalue weighted by Crippen LogP contribution is -2.14. The summed E-state index contributed by atoms with van der Waals surface area (Å²) in [7, 11) is 0. The van der Waals surface area contributed by atoms with Gasteiger partial charge in [0, 0.05) is 11.4 Å². The van der Waals surface area contributed by atoms with Crippen LogP contribution in [0.2, 0.25) is 0 Å². The fraction of sp³-hybridized carbons (Fsp3) is 0.294. The van der Waals surface area contributed by atoms with E-state index in [9.17, 15) is 4.79 Å². The van der Waals surface area contributed by atoms with Crippen LogP contribution in [0.15, 0.2) is 41.6 Å². The van der Waals surface area contributed by atoms with Crippen molar-refractivity contribution in [3.63, 3.8) is 0 Å². The smallest absolute Gasteiger partial charge is 0.324 e. The minimum atomic E-state index is -0.501. The molecule has 1 atom stereocenters. The number of aromatic nitrogens is 4. The second-order valence-electron chi connectivity index (χ2n) is 5.32. The lowest BCUT2D eigenvalue weighted by Gasteiger charge is -2.15. The van der Waals surface area contributed by atoms with E-state index in [2.05, 4.69) is 15.2 Å². The summed E-state index contributed by atoms with van der Waals surface area (Å²) in [4.78, 5) is 16.8. The van der Waals surface area contributed by atoms with Crippen LogP contribution < -0.4 is 0 Å². The maximum atomic E-state index is 12.4. The van der Waals surface area contributed by atoms with Crippen molar-refractivity contribution in [2.45, 2.75) is 31.2 Å². The van der Waals surface area contributed by atoms with Crippen molar-refractivity contribution >= 4 is 23.5 Å². The quantitative estimate of drug-likeness (QED) is 0.524. The molecule has 6 nitrogen and oxygen atoms in total. The Morgan fingerprint density at radius 3 is 2.71 bits per heavy atom. The van der Waals surface area contributed by atoms with Gasteiger partial charge < -0.3 is 4.74 Å². The average molecular weight is 342 g/mol. The Kier molecular flexibility index (Phi) is 4.80. The van der Waals surface area contributed by atoms with E-state index in [0.29, 0.717) is 17.5 Å². The molecule has 0 amide bonds. The van der Waals surface area contributed by atoms with Gasteiger partial charge in [-0.25, -0.2) is 4.98 Å². The van der Waals surface area contributed by atoms with Gasteiger partial charge in [0.15, 0.2) is 5.16 Å². The van der Waals surface area contributed by atoms with Crippen LogP contribution >= 0.6 is 11.8 Å². The third-order valence-electron chi connectivity index (χ3n) is 3.49. The molecule has 124 valence electrons. The highest BCUT2D eigenvalue weighted by atomic mass is 32.2. The summed E-state index contributed by atoms with van der Waals surface area (Å²) in [6, 6.07) is 11.5. The van der Waals surface area contributed by atoms with E-state index in [1.165, 1.54) is 11.8 Å². The van der Waals surface area contributed by atoms with Crippen molar-refractivity contribution in [1.82, 2.24) is 19.6 Å². The number of hydrogen-bond donors (Lipinski definition) is 0. The molecule has 0 saturated carbocycles. The molecular weight excluding hydrogens is 324 g/mol. The fourth-order valence-electron chi connectivity index (χ4n) is 2.48. The monoisotopic (exact) mass is 342 g/mol. The van der Waals surface area contributed by atoms with Crippen LogP contribution in [0.25, 0.3) is 5.78 Å². The molecule has 2 aromatic heterocycles. The Labute approximate surface area is 144 Å². The van der Waals surface area contributed by atoms with Gasteiger partial charge in [-0.3, -0.25) is 9.20 Å². The molecule has 0 aliphatic rings. The maximum absolute atomic E-state index is 12.4. The molecule has 0 fully saturated rings. The molecule has 3 aromatic rings. The lowest BCUT2D eigenvalue weighted by atomic mass is 10.1. The van der Waals surface area contributed by atoms with Crippen LogP contribution in [0.5, 0.6) is 0 Å². The summed E-state index contributed by atoms with van der Waals surface area (Å²) in [5.41, 5.74) is 2.73. The van der Waals surface area contributed by atoms with Gasteiger partial charge in [-0.2, -0.15) is 0 Å². The highest BCUT2D eigenvalue weighted by molar-refractivity contribution is 8.00. The number of esters is 1. The summed E-state index contributed by atoms with van der Waals surface area (Å²) in [6.07, 6.45) is 0. The average Bonchev–Trinajstić information content (AvgIpc) is 2.96. The van der Waals surface area contributed by atoms with Gasteiger partial charge in [0.25, 0.3) is 5.78 Å². The van der Waals surface area contributed by atoms with Crippen LogP contribution in [0.4, 0.5) is 0 Å². The number of carbonyl (C=O) groups excluding carboxylic acids is 1. The number of ether oxygens (including phenoxy) is 1. The zero-order valence-electron chi connectivity index (χ0n) is 13.8. The second kappa shape index (κ2) is 7.00. The lowest BCUT2D eigenvalue weighted by molar-refractivity contribution is -0.142. The fourth-order valence-corrected chi connectivity index (χ4v) is 3.57. The van der Waals surface area contributed by atoms with E-state index in [-0.39, 0.29) is 5.97 Å². The topological polar surface area (TPSA) is 69.4 Å². The Bertz CT molecular complexity index is 864. The third kappa shape index (κ3) is 3.26. The van der Waals surface area contributed by atoms with Gasteiger partial charge >= 0.3 is 5.97 Å². The first-order valence-electron chi connectivity index (χ1n) is 7.67. The highest BCUT2D eigenvalue weighted by Crippen LogP contribution is 2.35. The van der Waals surface area contributed by atoms with E-state index in [4.69, 9.17) is 4.74 Å². The number of hydrogen-bond acceptors (Lipinski definition) is 6. The summed E-state index contributed by atoms with van der Waals surface area (Å²) in [6.45, 7) is 6.02. The zero-order valence-corrected chi connectivity index (χ0v) is 14.6. The molecule has 2 heterocycles. The predicted molar refractivity (Wildman–Crippen MR) is 91.9 cm³/mol. The molecule has 0 N–H and O–H groups in total. The molecule has 3 rings (SSSR count). The van der Waals surface area contributed by atoms with Crippen molar-refractivity contribution < 1.29 is 9.53 Å². The number of aryl methyl sites for hydroxylation is 2. The van der Waals surface area contributed by atoms with Gasteiger partial charge in [-0.05, 0) is 32.4 Å². The number of carbonyl (C=O) groups is 1. The summed E-state index contributed by atoms with van der Waals surface area (Å²) >= 11 is 1.32. The molecule has 7 heteroatoms. The van der Waals surface area contributed by atoms with Crippen molar-refractivity contribution in [3.05, 3.63) is 53.3 Å². The van der Waals surface area contributed by atoms with E-state index in [1.807, 2.05) is 54.6 Å². The van der Waals surface area contributed by atoms with Gasteiger partial charge in [-0.1, -0.05) is 42.1 Å². The number of thioether (sulfide) groups is 1. The first kappa shape index (κ1) is 16.4. The Balaban J connectivity index is 2.00. The van der Waals surface area contributed by atoms with Crippen LogP contribution in [0.3, 0.4) is 0 Å². The molecule has 0 radical (unpaired) electrons. The molecule has 0 aliphatic carbocycles. The Morgan fingerprint density at radius 2 is 2.00 bits per heavy atom. The van der Waals surface area contributed by atoms with Crippen LogP contribution in [-0.2, 0) is 9.53 Å². The summed E-state index contributed by atoms with van der Waals surface area (Å²) < 4.78 is 7.09. The number of nitrogens with zero attached hydrogens (tertiary/aromatic N) is 4. The molecule has 0 unspecified atom stereocenters. The number of rotatable bonds is 5. The van der Waals surface area contributed by atoms with Gasteiger partial charge in [0.1, 0.15) is 5.25 Å². The van der Waals surface area contributed by atoms with E-state index in [1.54, 1.807) is 6.92 Å². The normalized spacial score (nSPS) is 12.3. The second-order valence-corrected chi connectivity index (χ2v) is 6.39. The van der Waals surface area contributed by atoms with E-state index in [0.717, 1.165) is 17.0 Å². The Morgan fingerprint density at radius 1 is 1.25 bits per heavy atom. The maximum Gasteiger partial charge on any atom is 0.324 e. The molecule has 1 aromatic carbocycles. The van der Waals surface area contributed by atoms with Crippen LogP contribution in [-0.4, -0.2) is 32.2 Å². The molecule has 0 aliphatic heterocycles. The summed E-state index contributed by atoms with van der Waals surface area (Å²) in [5, 5.41) is 8.45. The van der Waals surface area contributed by atoms with Crippen LogP contribution in [0, 0.1) is 13.8 Å². The number of fused-ring (bicyclic) bond motifs is 1. The van der Waals surface area contributed by atoms with Crippen molar-refractivity contribution in [2.75, 3.05) is 6.61 Å². The van der Waals surface area contributed by atoms with Crippen molar-refractivity contribution in [2.24, 2.45) is 0 Å². The first-order chi connectivity index (χ1) is 11.6. The minimum absolute atomic E-state index is 0.289. The minimum Gasteiger partial charge on any atom is -0.465 e. The molecule has 0 saturated heterocycles. The van der Waals surface area contributed by atoms with E-state index < -0.39 is 5.25 Å². The standard InChI is InChI=1S/C17H18N4O2S/c1-4-23-15(22)14(13-8-6-5-7-9-13)24-17-20-19-16-18-11(2)10-12(3)21(16)17/h5-10,14H,4H2,1-3H3/t14-/m1/s1. The van der Waals surface area contributed by atoms with Gasteiger partial charge in [-0.15, -0.1) is 10.2 Å².